The van der Waals surface area contributed by atoms with Crippen molar-refractivity contribution in [3.8, 4) is 0 Å². The van der Waals surface area contributed by atoms with Gasteiger partial charge in [0.15, 0.2) is 0 Å². The molecular weight excluding hydrogens is 234 g/mol. The molecular formula is C17H27NO. The second-order valence-corrected chi connectivity index (χ2v) is 5.75. The highest BCUT2D eigenvalue weighted by molar-refractivity contribution is 5.15. The molecule has 1 aliphatic heterocycles. The first-order chi connectivity index (χ1) is 9.28. The molecule has 1 N–H and O–H groups in total. The van der Waals surface area contributed by atoms with Crippen molar-refractivity contribution in [3.05, 3.63) is 35.9 Å². The summed E-state index contributed by atoms with van der Waals surface area (Å²) in [4.78, 5) is 0. The van der Waals surface area contributed by atoms with E-state index in [1.807, 2.05) is 0 Å². The van der Waals surface area contributed by atoms with Gasteiger partial charge >= 0.3 is 0 Å². The summed E-state index contributed by atoms with van der Waals surface area (Å²) in [5, 5.41) is 3.50. The maximum absolute atomic E-state index is 5.98. The number of benzene rings is 1. The zero-order valence-corrected chi connectivity index (χ0v) is 12.3. The molecule has 19 heavy (non-hydrogen) atoms. The molecule has 1 fully saturated rings. The van der Waals surface area contributed by atoms with Crippen molar-refractivity contribution in [2.75, 3.05) is 13.1 Å². The first-order valence-electron chi connectivity index (χ1n) is 7.68. The summed E-state index contributed by atoms with van der Waals surface area (Å²) in [6, 6.07) is 10.8. The van der Waals surface area contributed by atoms with Gasteiger partial charge < -0.3 is 10.1 Å². The molecule has 1 heterocycles. The van der Waals surface area contributed by atoms with E-state index < -0.39 is 0 Å². The van der Waals surface area contributed by atoms with E-state index in [1.165, 1.54) is 24.8 Å². The van der Waals surface area contributed by atoms with Gasteiger partial charge in [-0.1, -0.05) is 37.3 Å². The topological polar surface area (TPSA) is 21.3 Å². The van der Waals surface area contributed by atoms with Crippen molar-refractivity contribution < 1.29 is 4.74 Å². The van der Waals surface area contributed by atoms with Gasteiger partial charge in [0, 0.05) is 0 Å². The van der Waals surface area contributed by atoms with Crippen LogP contribution in [0.4, 0.5) is 0 Å². The fourth-order valence-corrected chi connectivity index (χ4v) is 2.97. The number of hydrogen-bond acceptors (Lipinski definition) is 2. The Morgan fingerprint density at radius 2 is 2.05 bits per heavy atom. The molecule has 0 spiro atoms. The van der Waals surface area contributed by atoms with Crippen molar-refractivity contribution >= 4 is 0 Å². The van der Waals surface area contributed by atoms with E-state index in [9.17, 15) is 0 Å². The predicted octanol–water partition coefficient (Wildman–Crippen LogP) is 3.41. The SMILES string of the molecule is CCNCC(Cc1ccccc1)CC1CCC(C)O1. The Hall–Kier alpha value is -0.860. The van der Waals surface area contributed by atoms with Crippen LogP contribution in [0, 0.1) is 5.92 Å². The van der Waals surface area contributed by atoms with E-state index in [0.717, 1.165) is 19.5 Å². The summed E-state index contributed by atoms with van der Waals surface area (Å²) in [6.45, 7) is 6.51. The third-order valence-corrected chi connectivity index (χ3v) is 3.97. The van der Waals surface area contributed by atoms with Gasteiger partial charge in [0.25, 0.3) is 0 Å². The predicted molar refractivity (Wildman–Crippen MR) is 80.4 cm³/mol. The third-order valence-electron chi connectivity index (χ3n) is 3.97. The van der Waals surface area contributed by atoms with Crippen molar-refractivity contribution in [1.82, 2.24) is 5.32 Å². The van der Waals surface area contributed by atoms with E-state index in [0.29, 0.717) is 18.1 Å². The summed E-state index contributed by atoms with van der Waals surface area (Å²) in [6.07, 6.45) is 5.74. The molecule has 0 bridgehead atoms. The lowest BCUT2D eigenvalue weighted by Crippen LogP contribution is -2.27. The second kappa shape index (κ2) is 7.66. The van der Waals surface area contributed by atoms with Crippen LogP contribution in [0.1, 0.15) is 38.7 Å². The Labute approximate surface area is 117 Å². The normalized spacial score (nSPS) is 24.5. The van der Waals surface area contributed by atoms with Crippen LogP contribution >= 0.6 is 0 Å². The molecule has 1 aromatic rings. The number of rotatable bonds is 7. The highest BCUT2D eigenvalue weighted by atomic mass is 16.5. The fraction of sp³-hybridized carbons (Fsp3) is 0.647. The lowest BCUT2D eigenvalue weighted by atomic mass is 9.92. The Morgan fingerprint density at radius 3 is 2.68 bits per heavy atom. The molecule has 0 aliphatic carbocycles. The van der Waals surface area contributed by atoms with Gasteiger partial charge in [0.1, 0.15) is 0 Å². The average Bonchev–Trinajstić information content (AvgIpc) is 2.82. The summed E-state index contributed by atoms with van der Waals surface area (Å²) >= 11 is 0. The van der Waals surface area contributed by atoms with Crippen LogP contribution in [0.15, 0.2) is 30.3 Å². The molecule has 2 nitrogen and oxygen atoms in total. The zero-order valence-electron chi connectivity index (χ0n) is 12.3. The standard InChI is InChI=1S/C17H27NO/c1-3-18-13-16(11-15-7-5-4-6-8-15)12-17-10-9-14(2)19-17/h4-8,14,16-18H,3,9-13H2,1-2H3. The van der Waals surface area contributed by atoms with E-state index >= 15 is 0 Å². The molecule has 0 saturated carbocycles. The lowest BCUT2D eigenvalue weighted by Gasteiger charge is -2.21. The smallest absolute Gasteiger partial charge is 0.0583 e. The van der Waals surface area contributed by atoms with Crippen LogP contribution in [-0.2, 0) is 11.2 Å². The molecule has 3 unspecified atom stereocenters. The number of ether oxygens (including phenoxy) is 1. The summed E-state index contributed by atoms with van der Waals surface area (Å²) in [7, 11) is 0. The Morgan fingerprint density at radius 1 is 1.26 bits per heavy atom. The molecule has 106 valence electrons. The maximum atomic E-state index is 5.98. The molecule has 1 aliphatic rings. The molecule has 2 heteroatoms. The van der Waals surface area contributed by atoms with Crippen LogP contribution in [0.2, 0.25) is 0 Å². The third kappa shape index (κ3) is 4.96. The molecule has 3 atom stereocenters. The van der Waals surface area contributed by atoms with E-state index in [1.54, 1.807) is 0 Å². The number of nitrogens with one attached hydrogen (secondary N) is 1. The largest absolute Gasteiger partial charge is 0.375 e. The maximum Gasteiger partial charge on any atom is 0.0583 e. The van der Waals surface area contributed by atoms with E-state index in [-0.39, 0.29) is 0 Å². The van der Waals surface area contributed by atoms with Crippen LogP contribution < -0.4 is 5.32 Å². The Balaban J connectivity index is 1.87. The zero-order chi connectivity index (χ0) is 13.5. The molecule has 1 saturated heterocycles. The van der Waals surface area contributed by atoms with Crippen molar-refractivity contribution in [2.24, 2.45) is 5.92 Å². The van der Waals surface area contributed by atoms with E-state index in [2.05, 4.69) is 49.5 Å². The highest BCUT2D eigenvalue weighted by Crippen LogP contribution is 2.26. The first kappa shape index (κ1) is 14.5. The monoisotopic (exact) mass is 261 g/mol. The minimum Gasteiger partial charge on any atom is -0.375 e. The highest BCUT2D eigenvalue weighted by Gasteiger charge is 2.24. The Kier molecular flexibility index (Phi) is 5.87. The molecule has 2 rings (SSSR count). The Bertz CT molecular complexity index is 352. The number of hydrogen-bond donors (Lipinski definition) is 1. The van der Waals surface area contributed by atoms with Gasteiger partial charge in [0.05, 0.1) is 12.2 Å². The van der Waals surface area contributed by atoms with Crippen molar-refractivity contribution in [1.29, 1.82) is 0 Å². The van der Waals surface area contributed by atoms with Gasteiger partial charge in [-0.3, -0.25) is 0 Å². The molecule has 1 aromatic carbocycles. The van der Waals surface area contributed by atoms with Crippen LogP contribution in [-0.4, -0.2) is 25.3 Å². The minimum absolute atomic E-state index is 0.460. The molecule has 0 amide bonds. The second-order valence-electron chi connectivity index (χ2n) is 5.75. The van der Waals surface area contributed by atoms with E-state index in [4.69, 9.17) is 4.74 Å². The summed E-state index contributed by atoms with van der Waals surface area (Å²) < 4.78 is 5.98. The lowest BCUT2D eigenvalue weighted by molar-refractivity contribution is 0.0408. The van der Waals surface area contributed by atoms with Crippen LogP contribution in [0.25, 0.3) is 0 Å². The van der Waals surface area contributed by atoms with Crippen LogP contribution in [0.3, 0.4) is 0 Å². The molecule has 0 aromatic heterocycles. The first-order valence-corrected chi connectivity index (χ1v) is 7.68. The quantitative estimate of drug-likeness (QED) is 0.812. The summed E-state index contributed by atoms with van der Waals surface area (Å²) in [5.41, 5.74) is 1.44. The molecule has 0 radical (unpaired) electrons. The van der Waals surface area contributed by atoms with Gasteiger partial charge in [-0.05, 0) is 57.2 Å². The van der Waals surface area contributed by atoms with Gasteiger partial charge in [-0.2, -0.15) is 0 Å². The van der Waals surface area contributed by atoms with Crippen LogP contribution in [0.5, 0.6) is 0 Å². The average molecular weight is 261 g/mol. The minimum atomic E-state index is 0.460. The van der Waals surface area contributed by atoms with Gasteiger partial charge in [-0.15, -0.1) is 0 Å². The van der Waals surface area contributed by atoms with Gasteiger partial charge in [-0.25, -0.2) is 0 Å². The van der Waals surface area contributed by atoms with Gasteiger partial charge in [0.2, 0.25) is 0 Å². The van der Waals surface area contributed by atoms with Crippen molar-refractivity contribution in [2.45, 2.75) is 51.7 Å². The fourth-order valence-electron chi connectivity index (χ4n) is 2.97. The van der Waals surface area contributed by atoms with Crippen molar-refractivity contribution in [3.63, 3.8) is 0 Å². The summed E-state index contributed by atoms with van der Waals surface area (Å²) in [5.74, 6) is 0.678.